The van der Waals surface area contributed by atoms with Crippen molar-refractivity contribution in [1.82, 2.24) is 15.2 Å². The van der Waals surface area contributed by atoms with Crippen LogP contribution in [0.15, 0.2) is 29.6 Å². The zero-order valence-corrected chi connectivity index (χ0v) is 17.1. The number of hydrogen-bond donors (Lipinski definition) is 2. The Morgan fingerprint density at radius 2 is 1.88 bits per heavy atom. The fourth-order valence-corrected chi connectivity index (χ4v) is 3.78. The number of nitrogens with zero attached hydrogens (tertiary/aromatic N) is 2. The number of hydrogen-bond acceptors (Lipinski definition) is 5. The highest BCUT2D eigenvalue weighted by Gasteiger charge is 2.15. The van der Waals surface area contributed by atoms with Gasteiger partial charge in [0.1, 0.15) is 5.69 Å². The molecule has 0 aliphatic carbocycles. The number of amides is 1. The first kappa shape index (κ1) is 22.9. The van der Waals surface area contributed by atoms with Gasteiger partial charge in [-0.1, -0.05) is 24.3 Å². The highest BCUT2D eigenvalue weighted by molar-refractivity contribution is 7.09. The molecule has 1 aliphatic rings. The quantitative estimate of drug-likeness (QED) is 0.727. The van der Waals surface area contributed by atoms with Gasteiger partial charge < -0.3 is 11.1 Å². The van der Waals surface area contributed by atoms with Crippen LogP contribution in [-0.2, 0) is 19.5 Å². The lowest BCUT2D eigenvalue weighted by molar-refractivity contribution is 0.0946. The summed E-state index contributed by atoms with van der Waals surface area (Å²) < 4.78 is 0. The normalized spacial score (nSPS) is 13.7. The maximum absolute atomic E-state index is 12.3. The van der Waals surface area contributed by atoms with Crippen LogP contribution in [0.3, 0.4) is 0 Å². The van der Waals surface area contributed by atoms with Gasteiger partial charge in [0.25, 0.3) is 5.91 Å². The van der Waals surface area contributed by atoms with E-state index in [0.29, 0.717) is 18.8 Å². The molecule has 0 atom stereocenters. The largest absolute Gasteiger partial charge is 0.347 e. The molecule has 2 heterocycles. The number of carbonyl (C=O) groups is 1. The molecule has 0 unspecified atom stereocenters. The third-order valence-electron chi connectivity index (χ3n) is 4.29. The predicted octanol–water partition coefficient (Wildman–Crippen LogP) is 3.01. The van der Waals surface area contributed by atoms with E-state index >= 15 is 0 Å². The summed E-state index contributed by atoms with van der Waals surface area (Å²) in [4.78, 5) is 19.1. The number of nitrogens with one attached hydrogen (secondary N) is 1. The highest BCUT2D eigenvalue weighted by Crippen LogP contribution is 2.16. The minimum absolute atomic E-state index is 0. The van der Waals surface area contributed by atoms with Gasteiger partial charge in [0.05, 0.1) is 5.01 Å². The van der Waals surface area contributed by atoms with Crippen molar-refractivity contribution in [2.45, 2.75) is 32.4 Å². The SMILES string of the molecule is Cl.Cl.NCCc1nc(C(=O)NCc2ccccc2CN2CCCC2)cs1. The average molecular weight is 417 g/mol. The number of aromatic nitrogens is 1. The molecule has 3 N–H and O–H groups in total. The molecule has 5 nitrogen and oxygen atoms in total. The molecule has 1 amide bonds. The van der Waals surface area contributed by atoms with E-state index in [9.17, 15) is 4.79 Å². The minimum atomic E-state index is -0.120. The summed E-state index contributed by atoms with van der Waals surface area (Å²) in [5, 5.41) is 5.71. The molecule has 0 saturated carbocycles. The Labute approximate surface area is 171 Å². The van der Waals surface area contributed by atoms with Crippen LogP contribution in [0.5, 0.6) is 0 Å². The molecule has 144 valence electrons. The molecule has 2 aromatic rings. The molecule has 1 aromatic carbocycles. The number of carbonyl (C=O) groups excluding carboxylic acids is 1. The van der Waals surface area contributed by atoms with Crippen molar-refractivity contribution in [3.63, 3.8) is 0 Å². The molecule has 0 bridgehead atoms. The Kier molecular flexibility index (Phi) is 10.1. The van der Waals surface area contributed by atoms with E-state index in [2.05, 4.69) is 33.4 Å². The summed E-state index contributed by atoms with van der Waals surface area (Å²) in [6.07, 6.45) is 3.29. The van der Waals surface area contributed by atoms with Crippen molar-refractivity contribution in [2.24, 2.45) is 5.73 Å². The van der Waals surface area contributed by atoms with Crippen molar-refractivity contribution >= 4 is 42.1 Å². The Morgan fingerprint density at radius 3 is 2.58 bits per heavy atom. The third-order valence-corrected chi connectivity index (χ3v) is 5.20. The molecule has 1 fully saturated rings. The zero-order chi connectivity index (χ0) is 16.8. The van der Waals surface area contributed by atoms with Crippen molar-refractivity contribution in [1.29, 1.82) is 0 Å². The smallest absolute Gasteiger partial charge is 0.271 e. The van der Waals surface area contributed by atoms with Gasteiger partial charge in [0.2, 0.25) is 0 Å². The van der Waals surface area contributed by atoms with Crippen LogP contribution in [0.2, 0.25) is 0 Å². The summed E-state index contributed by atoms with van der Waals surface area (Å²) in [6, 6.07) is 8.34. The van der Waals surface area contributed by atoms with Crippen LogP contribution < -0.4 is 11.1 Å². The van der Waals surface area contributed by atoms with Crippen molar-refractivity contribution in [3.8, 4) is 0 Å². The summed E-state index contributed by atoms with van der Waals surface area (Å²) in [5.41, 5.74) is 8.48. The molecule has 1 saturated heterocycles. The lowest BCUT2D eigenvalue weighted by Gasteiger charge is -2.17. The number of thiazole rings is 1. The topological polar surface area (TPSA) is 71.2 Å². The molecule has 3 rings (SSSR count). The number of benzene rings is 1. The van der Waals surface area contributed by atoms with Crippen LogP contribution in [-0.4, -0.2) is 35.4 Å². The van der Waals surface area contributed by atoms with Crippen molar-refractivity contribution < 1.29 is 4.79 Å². The standard InChI is InChI=1S/C18H24N4OS.2ClH/c19-8-7-17-21-16(13-24-17)18(23)20-11-14-5-1-2-6-15(14)12-22-9-3-4-10-22;;/h1-2,5-6,13H,3-4,7-12,19H2,(H,20,23);2*1H. The van der Waals surface area contributed by atoms with E-state index < -0.39 is 0 Å². The highest BCUT2D eigenvalue weighted by atomic mass is 35.5. The fourth-order valence-electron chi connectivity index (χ4n) is 2.99. The number of likely N-dealkylation sites (tertiary alicyclic amines) is 1. The Bertz CT molecular complexity index is 689. The van der Waals surface area contributed by atoms with Gasteiger partial charge >= 0.3 is 0 Å². The van der Waals surface area contributed by atoms with Crippen LogP contribution in [0.1, 0.15) is 39.5 Å². The van der Waals surface area contributed by atoms with Crippen LogP contribution in [0.4, 0.5) is 0 Å². The Hall–Kier alpha value is -1.18. The molecular formula is C18H26Cl2N4OS. The van der Waals surface area contributed by atoms with Gasteiger partial charge in [0, 0.05) is 24.9 Å². The van der Waals surface area contributed by atoms with E-state index in [1.165, 1.54) is 48.4 Å². The zero-order valence-electron chi connectivity index (χ0n) is 14.6. The summed E-state index contributed by atoms with van der Waals surface area (Å²) in [5.74, 6) is -0.120. The van der Waals surface area contributed by atoms with Gasteiger partial charge in [-0.15, -0.1) is 36.2 Å². The van der Waals surface area contributed by atoms with Gasteiger partial charge in [-0.25, -0.2) is 4.98 Å². The first-order valence-electron chi connectivity index (χ1n) is 8.48. The van der Waals surface area contributed by atoms with Gasteiger partial charge in [-0.2, -0.15) is 0 Å². The predicted molar refractivity (Wildman–Crippen MR) is 111 cm³/mol. The van der Waals surface area contributed by atoms with Crippen LogP contribution in [0.25, 0.3) is 0 Å². The van der Waals surface area contributed by atoms with Crippen LogP contribution in [0, 0.1) is 0 Å². The van der Waals surface area contributed by atoms with Gasteiger partial charge in [-0.05, 0) is 43.6 Å². The summed E-state index contributed by atoms with van der Waals surface area (Å²) in [7, 11) is 0. The molecule has 0 spiro atoms. The van der Waals surface area contributed by atoms with Crippen LogP contribution >= 0.6 is 36.2 Å². The van der Waals surface area contributed by atoms with E-state index in [1.54, 1.807) is 5.38 Å². The monoisotopic (exact) mass is 416 g/mol. The molecular weight excluding hydrogens is 391 g/mol. The Balaban J connectivity index is 0.00000169. The maximum atomic E-state index is 12.3. The summed E-state index contributed by atoms with van der Waals surface area (Å²) in [6.45, 7) is 4.39. The van der Waals surface area contributed by atoms with E-state index in [4.69, 9.17) is 5.73 Å². The molecule has 8 heteroatoms. The maximum Gasteiger partial charge on any atom is 0.271 e. The first-order chi connectivity index (χ1) is 11.8. The van der Waals surface area contributed by atoms with Gasteiger partial charge in [0.15, 0.2) is 0 Å². The lowest BCUT2D eigenvalue weighted by Crippen LogP contribution is -2.25. The van der Waals surface area contributed by atoms with Crippen molar-refractivity contribution in [2.75, 3.05) is 19.6 Å². The molecule has 1 aromatic heterocycles. The second-order valence-electron chi connectivity index (χ2n) is 6.10. The minimum Gasteiger partial charge on any atom is -0.347 e. The first-order valence-corrected chi connectivity index (χ1v) is 9.36. The molecule has 26 heavy (non-hydrogen) atoms. The third kappa shape index (κ3) is 6.21. The number of nitrogens with two attached hydrogens (primary N) is 1. The fraction of sp³-hybridized carbons (Fsp3) is 0.444. The lowest BCUT2D eigenvalue weighted by atomic mass is 10.1. The molecule has 1 aliphatic heterocycles. The van der Waals surface area contributed by atoms with Gasteiger partial charge in [-0.3, -0.25) is 9.69 Å². The van der Waals surface area contributed by atoms with E-state index in [-0.39, 0.29) is 30.7 Å². The summed E-state index contributed by atoms with van der Waals surface area (Å²) >= 11 is 1.49. The molecule has 0 radical (unpaired) electrons. The second-order valence-corrected chi connectivity index (χ2v) is 7.04. The van der Waals surface area contributed by atoms with E-state index in [1.807, 2.05) is 6.07 Å². The van der Waals surface area contributed by atoms with Crippen molar-refractivity contribution in [3.05, 3.63) is 51.5 Å². The van der Waals surface area contributed by atoms with E-state index in [0.717, 1.165) is 18.0 Å². The number of halogens is 2. The second kappa shape index (κ2) is 11.5. The number of rotatable bonds is 7. The average Bonchev–Trinajstić information content (AvgIpc) is 3.26. The Morgan fingerprint density at radius 1 is 1.19 bits per heavy atom.